The summed E-state index contributed by atoms with van der Waals surface area (Å²) < 4.78 is 1.67. The van der Waals surface area contributed by atoms with Crippen LogP contribution in [-0.4, -0.2) is 20.4 Å². The Morgan fingerprint density at radius 3 is 2.50 bits per heavy atom. The Bertz CT molecular complexity index is 1260. The highest BCUT2D eigenvalue weighted by Gasteiger charge is 2.08. The largest absolute Gasteiger partial charge is 0.397 e. The molecule has 4 rings (SSSR count). The number of nitrogens with one attached hydrogen (secondary N) is 1. The first kappa shape index (κ1) is 21.0. The van der Waals surface area contributed by atoms with E-state index in [0.29, 0.717) is 30.8 Å². The number of aromatic nitrogens is 3. The van der Waals surface area contributed by atoms with E-state index in [-0.39, 0.29) is 11.5 Å². The third-order valence-electron chi connectivity index (χ3n) is 5.02. The molecule has 3 aromatic heterocycles. The standard InChI is InChI=1S/C25H23N5O2/c26-22-8-9-23(28-15-22)16-29-25(32)21-12-20(13-27-14-21)11-18-4-6-19(7-5-18)17-30-10-2-1-3-24(30)31/h1-10,12-15H,11,16-17,26H2,(H,29,32). The van der Waals surface area contributed by atoms with Gasteiger partial charge in [0.2, 0.25) is 0 Å². The molecule has 7 nitrogen and oxygen atoms in total. The van der Waals surface area contributed by atoms with Gasteiger partial charge in [0, 0.05) is 24.7 Å². The van der Waals surface area contributed by atoms with Crippen LogP contribution in [0.1, 0.15) is 32.7 Å². The van der Waals surface area contributed by atoms with E-state index in [4.69, 9.17) is 5.73 Å². The van der Waals surface area contributed by atoms with Gasteiger partial charge in [0.05, 0.1) is 36.2 Å². The molecule has 0 bridgehead atoms. The fraction of sp³-hybridized carbons (Fsp3) is 0.120. The molecule has 32 heavy (non-hydrogen) atoms. The quantitative estimate of drug-likeness (QED) is 0.474. The molecule has 0 saturated carbocycles. The van der Waals surface area contributed by atoms with Crippen molar-refractivity contribution in [2.75, 3.05) is 5.73 Å². The first-order valence-electron chi connectivity index (χ1n) is 10.2. The third-order valence-corrected chi connectivity index (χ3v) is 5.02. The summed E-state index contributed by atoms with van der Waals surface area (Å²) in [5.74, 6) is -0.207. The highest BCUT2D eigenvalue weighted by atomic mass is 16.1. The van der Waals surface area contributed by atoms with Crippen molar-refractivity contribution in [3.8, 4) is 0 Å². The van der Waals surface area contributed by atoms with Crippen LogP contribution in [0.3, 0.4) is 0 Å². The lowest BCUT2D eigenvalue weighted by Gasteiger charge is -2.08. The van der Waals surface area contributed by atoms with Gasteiger partial charge in [-0.15, -0.1) is 0 Å². The van der Waals surface area contributed by atoms with E-state index in [9.17, 15) is 9.59 Å². The first-order valence-corrected chi connectivity index (χ1v) is 10.2. The fourth-order valence-corrected chi connectivity index (χ4v) is 3.31. The predicted molar refractivity (Wildman–Crippen MR) is 123 cm³/mol. The smallest absolute Gasteiger partial charge is 0.253 e. The highest BCUT2D eigenvalue weighted by molar-refractivity contribution is 5.93. The van der Waals surface area contributed by atoms with Gasteiger partial charge in [-0.1, -0.05) is 30.3 Å². The Labute approximate surface area is 185 Å². The monoisotopic (exact) mass is 425 g/mol. The van der Waals surface area contributed by atoms with Gasteiger partial charge in [-0.25, -0.2) is 0 Å². The second-order valence-electron chi connectivity index (χ2n) is 7.51. The van der Waals surface area contributed by atoms with Crippen LogP contribution in [-0.2, 0) is 19.5 Å². The van der Waals surface area contributed by atoms with Crippen molar-refractivity contribution < 1.29 is 4.79 Å². The van der Waals surface area contributed by atoms with Crippen molar-refractivity contribution >= 4 is 11.6 Å². The van der Waals surface area contributed by atoms with E-state index in [1.54, 1.807) is 53.6 Å². The Morgan fingerprint density at radius 1 is 0.938 bits per heavy atom. The normalized spacial score (nSPS) is 10.6. The average Bonchev–Trinajstić information content (AvgIpc) is 2.81. The molecule has 0 radical (unpaired) electrons. The summed E-state index contributed by atoms with van der Waals surface area (Å²) in [6.07, 6.45) is 7.31. The number of pyridine rings is 3. The van der Waals surface area contributed by atoms with Gasteiger partial charge < -0.3 is 15.6 Å². The molecule has 0 aliphatic heterocycles. The lowest BCUT2D eigenvalue weighted by Crippen LogP contribution is -2.23. The van der Waals surface area contributed by atoms with E-state index < -0.39 is 0 Å². The molecule has 0 aliphatic rings. The molecular weight excluding hydrogens is 402 g/mol. The zero-order valence-electron chi connectivity index (χ0n) is 17.4. The molecule has 3 heterocycles. The van der Waals surface area contributed by atoms with E-state index in [0.717, 1.165) is 22.4 Å². The minimum absolute atomic E-state index is 0.0232. The van der Waals surface area contributed by atoms with Gasteiger partial charge in [0.1, 0.15) is 0 Å². The summed E-state index contributed by atoms with van der Waals surface area (Å²) in [6, 6.07) is 18.6. The number of anilines is 1. The van der Waals surface area contributed by atoms with E-state index in [2.05, 4.69) is 15.3 Å². The van der Waals surface area contributed by atoms with Crippen LogP contribution < -0.4 is 16.6 Å². The molecule has 0 atom stereocenters. The summed E-state index contributed by atoms with van der Waals surface area (Å²) in [5, 5.41) is 2.85. The van der Waals surface area contributed by atoms with Gasteiger partial charge in [-0.05, 0) is 47.4 Å². The fourth-order valence-electron chi connectivity index (χ4n) is 3.31. The summed E-state index contributed by atoms with van der Waals surface area (Å²) in [5.41, 5.74) is 10.5. The topological polar surface area (TPSA) is 103 Å². The van der Waals surface area contributed by atoms with Gasteiger partial charge in [-0.2, -0.15) is 0 Å². The van der Waals surface area contributed by atoms with Crippen molar-refractivity contribution in [1.29, 1.82) is 0 Å². The molecule has 160 valence electrons. The molecule has 0 spiro atoms. The second kappa shape index (κ2) is 9.70. The number of carbonyl (C=O) groups is 1. The van der Waals surface area contributed by atoms with Crippen LogP contribution in [0, 0.1) is 0 Å². The van der Waals surface area contributed by atoms with E-state index in [1.807, 2.05) is 36.4 Å². The highest BCUT2D eigenvalue weighted by Crippen LogP contribution is 2.13. The summed E-state index contributed by atoms with van der Waals surface area (Å²) in [7, 11) is 0. The predicted octanol–water partition coefficient (Wildman–Crippen LogP) is 2.79. The maximum absolute atomic E-state index is 12.5. The van der Waals surface area contributed by atoms with Crippen molar-refractivity contribution in [2.45, 2.75) is 19.5 Å². The third kappa shape index (κ3) is 5.46. The average molecular weight is 425 g/mol. The SMILES string of the molecule is Nc1ccc(CNC(=O)c2cncc(Cc3ccc(Cn4ccccc4=O)cc3)c2)nc1. The maximum atomic E-state index is 12.5. The molecular formula is C25H23N5O2. The number of nitrogen functional groups attached to an aromatic ring is 1. The summed E-state index contributed by atoms with van der Waals surface area (Å²) in [6.45, 7) is 0.843. The molecule has 4 aromatic rings. The zero-order valence-corrected chi connectivity index (χ0v) is 17.4. The van der Waals surface area contributed by atoms with Crippen molar-refractivity contribution in [1.82, 2.24) is 19.9 Å². The Kier molecular flexibility index (Phi) is 6.36. The molecule has 0 fully saturated rings. The Hall–Kier alpha value is -4.26. The van der Waals surface area contributed by atoms with Crippen molar-refractivity contribution in [3.63, 3.8) is 0 Å². The van der Waals surface area contributed by atoms with Gasteiger partial charge in [0.15, 0.2) is 0 Å². The van der Waals surface area contributed by atoms with Gasteiger partial charge in [0.25, 0.3) is 11.5 Å². The van der Waals surface area contributed by atoms with Gasteiger partial charge >= 0.3 is 0 Å². The van der Waals surface area contributed by atoms with Crippen molar-refractivity contribution in [3.05, 3.63) is 124 Å². The van der Waals surface area contributed by atoms with E-state index >= 15 is 0 Å². The zero-order chi connectivity index (χ0) is 22.3. The molecule has 7 heteroatoms. The Balaban J connectivity index is 1.38. The maximum Gasteiger partial charge on any atom is 0.253 e. The molecule has 0 unspecified atom stereocenters. The van der Waals surface area contributed by atoms with Crippen molar-refractivity contribution in [2.24, 2.45) is 0 Å². The minimum atomic E-state index is -0.207. The summed E-state index contributed by atoms with van der Waals surface area (Å²) in [4.78, 5) is 32.8. The molecule has 1 amide bonds. The van der Waals surface area contributed by atoms with Crippen LogP contribution in [0.4, 0.5) is 5.69 Å². The Morgan fingerprint density at radius 2 is 1.75 bits per heavy atom. The lowest BCUT2D eigenvalue weighted by atomic mass is 10.0. The van der Waals surface area contributed by atoms with Crippen LogP contribution in [0.25, 0.3) is 0 Å². The number of amides is 1. The van der Waals surface area contributed by atoms with Gasteiger partial charge in [-0.3, -0.25) is 19.6 Å². The molecule has 3 N–H and O–H groups in total. The van der Waals surface area contributed by atoms with Crippen LogP contribution in [0.2, 0.25) is 0 Å². The number of nitrogens with zero attached hydrogens (tertiary/aromatic N) is 3. The number of carbonyl (C=O) groups excluding carboxylic acids is 1. The van der Waals surface area contributed by atoms with Crippen LogP contribution in [0.5, 0.6) is 0 Å². The number of hydrogen-bond acceptors (Lipinski definition) is 5. The number of rotatable bonds is 7. The second-order valence-corrected chi connectivity index (χ2v) is 7.51. The molecule has 0 saturated heterocycles. The van der Waals surface area contributed by atoms with Crippen LogP contribution in [0.15, 0.2) is 90.2 Å². The number of hydrogen-bond donors (Lipinski definition) is 2. The number of nitrogens with two attached hydrogens (primary N) is 1. The molecule has 0 aliphatic carbocycles. The lowest BCUT2D eigenvalue weighted by molar-refractivity contribution is 0.0950. The van der Waals surface area contributed by atoms with Crippen LogP contribution >= 0.6 is 0 Å². The first-order chi connectivity index (χ1) is 15.6. The number of benzene rings is 1. The summed E-state index contributed by atoms with van der Waals surface area (Å²) >= 11 is 0. The van der Waals surface area contributed by atoms with E-state index in [1.165, 1.54) is 0 Å². The minimum Gasteiger partial charge on any atom is -0.397 e. The molecule has 1 aromatic carbocycles.